The molecule has 2 amide bonds. The van der Waals surface area contributed by atoms with Crippen molar-refractivity contribution in [2.24, 2.45) is 0 Å². The van der Waals surface area contributed by atoms with Gasteiger partial charge in [-0.05, 0) is 43.3 Å². The molecule has 0 saturated carbocycles. The Kier molecular flexibility index (Phi) is 6.52. The summed E-state index contributed by atoms with van der Waals surface area (Å²) in [6.45, 7) is 1.88. The van der Waals surface area contributed by atoms with E-state index in [1.165, 1.54) is 7.11 Å². The lowest BCUT2D eigenvalue weighted by Crippen LogP contribution is -2.31. The highest BCUT2D eigenvalue weighted by Gasteiger charge is 2.19. The molecule has 29 heavy (non-hydrogen) atoms. The number of carbonyl (C=O) groups excluding carboxylic acids is 2. The number of para-hydroxylation sites is 3. The van der Waals surface area contributed by atoms with Gasteiger partial charge >= 0.3 is 0 Å². The Labute approximate surface area is 168 Å². The van der Waals surface area contributed by atoms with Crippen LogP contribution in [0.15, 0.2) is 71.3 Å². The Hall–Kier alpha value is -3.74. The minimum Gasteiger partial charge on any atom is -0.493 e. The first-order valence-corrected chi connectivity index (χ1v) is 9.08. The van der Waals surface area contributed by atoms with Gasteiger partial charge in [0.25, 0.3) is 11.8 Å². The highest BCUT2D eigenvalue weighted by molar-refractivity contribution is 6.04. The number of ether oxygens (including phenoxy) is 2. The highest BCUT2D eigenvalue weighted by atomic mass is 16.5. The maximum atomic E-state index is 12.6. The summed E-state index contributed by atoms with van der Waals surface area (Å²) in [6.07, 6.45) is 0.740. The van der Waals surface area contributed by atoms with Gasteiger partial charge in [0.2, 0.25) is 0 Å². The van der Waals surface area contributed by atoms with E-state index in [2.05, 4.69) is 10.6 Å². The smallest absolute Gasteiger partial charge is 0.265 e. The molecule has 0 radical (unpaired) electrons. The normalized spacial score (nSPS) is 11.4. The molecule has 150 valence electrons. The first-order chi connectivity index (χ1) is 14.1. The zero-order valence-corrected chi connectivity index (χ0v) is 16.2. The Balaban J connectivity index is 1.66. The van der Waals surface area contributed by atoms with Crippen molar-refractivity contribution in [3.63, 3.8) is 0 Å². The zero-order chi connectivity index (χ0) is 20.6. The second-order valence-corrected chi connectivity index (χ2v) is 6.21. The van der Waals surface area contributed by atoms with E-state index in [0.717, 1.165) is 0 Å². The third-order valence-corrected chi connectivity index (χ3v) is 4.17. The quantitative estimate of drug-likeness (QED) is 0.609. The number of carbonyl (C=O) groups is 2. The van der Waals surface area contributed by atoms with Crippen molar-refractivity contribution in [2.45, 2.75) is 19.6 Å². The van der Waals surface area contributed by atoms with E-state index < -0.39 is 6.10 Å². The van der Waals surface area contributed by atoms with Gasteiger partial charge in [-0.2, -0.15) is 0 Å². The first kappa shape index (κ1) is 20.0. The molecule has 1 heterocycles. The Morgan fingerprint density at radius 1 is 1.00 bits per heavy atom. The molecule has 3 rings (SSSR count). The van der Waals surface area contributed by atoms with Gasteiger partial charge in [-0.15, -0.1) is 0 Å². The fourth-order valence-electron chi connectivity index (χ4n) is 2.66. The summed E-state index contributed by atoms with van der Waals surface area (Å²) in [5, 5.41) is 5.52. The van der Waals surface area contributed by atoms with E-state index >= 15 is 0 Å². The largest absolute Gasteiger partial charge is 0.493 e. The highest BCUT2D eigenvalue weighted by Crippen LogP contribution is 2.27. The van der Waals surface area contributed by atoms with Crippen molar-refractivity contribution in [3.8, 4) is 11.5 Å². The molecule has 0 saturated heterocycles. The number of hydrogen-bond acceptors (Lipinski definition) is 5. The zero-order valence-electron chi connectivity index (χ0n) is 16.2. The molecule has 0 fully saturated rings. The van der Waals surface area contributed by atoms with Crippen LogP contribution in [0.1, 0.15) is 23.0 Å². The summed E-state index contributed by atoms with van der Waals surface area (Å²) in [7, 11) is 1.53. The van der Waals surface area contributed by atoms with Crippen LogP contribution in [0.25, 0.3) is 0 Å². The minimum absolute atomic E-state index is 0.251. The Morgan fingerprint density at radius 3 is 2.45 bits per heavy atom. The molecule has 7 nitrogen and oxygen atoms in total. The van der Waals surface area contributed by atoms with E-state index in [1.54, 1.807) is 67.8 Å². The van der Waals surface area contributed by atoms with Gasteiger partial charge in [0.15, 0.2) is 17.6 Å². The number of hydrogen-bond donors (Lipinski definition) is 2. The van der Waals surface area contributed by atoms with E-state index in [9.17, 15) is 9.59 Å². The van der Waals surface area contributed by atoms with Crippen LogP contribution >= 0.6 is 0 Å². The van der Waals surface area contributed by atoms with Crippen LogP contribution in [0.4, 0.5) is 5.69 Å². The second-order valence-electron chi connectivity index (χ2n) is 6.21. The number of amides is 2. The van der Waals surface area contributed by atoms with Crippen LogP contribution in [-0.2, 0) is 11.3 Å². The molecule has 0 aliphatic rings. The van der Waals surface area contributed by atoms with Crippen LogP contribution in [0.2, 0.25) is 0 Å². The Bertz CT molecular complexity index is 969. The minimum atomic E-state index is -0.800. The first-order valence-electron chi connectivity index (χ1n) is 9.08. The third kappa shape index (κ3) is 5.16. The summed E-state index contributed by atoms with van der Waals surface area (Å²) in [5.74, 6) is 0.920. The maximum Gasteiger partial charge on any atom is 0.265 e. The van der Waals surface area contributed by atoms with E-state index in [0.29, 0.717) is 28.5 Å². The average molecular weight is 394 g/mol. The fourth-order valence-corrected chi connectivity index (χ4v) is 2.66. The van der Waals surface area contributed by atoms with Crippen molar-refractivity contribution in [2.75, 3.05) is 12.4 Å². The van der Waals surface area contributed by atoms with Crippen molar-refractivity contribution in [1.82, 2.24) is 5.32 Å². The standard InChI is InChI=1S/C22H22N2O5/c1-15(29-20-12-6-5-11-19(20)27-2)21(25)24-18-10-4-3-9-17(18)22(26)23-14-16-8-7-13-28-16/h3-13,15H,14H2,1-2H3,(H,23,26)(H,24,25)/t15-/m1/s1. The number of rotatable bonds is 8. The SMILES string of the molecule is COc1ccccc1O[C@H](C)C(=O)Nc1ccccc1C(=O)NCc1ccco1. The monoisotopic (exact) mass is 394 g/mol. The number of anilines is 1. The Morgan fingerprint density at radius 2 is 1.72 bits per heavy atom. The molecule has 0 spiro atoms. The molecule has 3 aromatic rings. The number of nitrogens with one attached hydrogen (secondary N) is 2. The molecule has 7 heteroatoms. The molecule has 0 unspecified atom stereocenters. The van der Waals surface area contributed by atoms with Crippen LogP contribution < -0.4 is 20.1 Å². The molecule has 2 aromatic carbocycles. The van der Waals surface area contributed by atoms with Gasteiger partial charge in [-0.3, -0.25) is 9.59 Å². The van der Waals surface area contributed by atoms with Crippen LogP contribution in [0.3, 0.4) is 0 Å². The van der Waals surface area contributed by atoms with E-state index in [-0.39, 0.29) is 18.4 Å². The third-order valence-electron chi connectivity index (χ3n) is 4.17. The summed E-state index contributed by atoms with van der Waals surface area (Å²) < 4.78 is 16.2. The second kappa shape index (κ2) is 9.45. The topological polar surface area (TPSA) is 89.8 Å². The molecular weight excluding hydrogens is 372 g/mol. The summed E-state index contributed by atoms with van der Waals surface area (Å²) in [6, 6.07) is 17.4. The predicted octanol–water partition coefficient (Wildman–Crippen LogP) is 3.62. The van der Waals surface area contributed by atoms with Gasteiger partial charge in [-0.1, -0.05) is 24.3 Å². The molecule has 1 atom stereocenters. The summed E-state index contributed by atoms with van der Waals surface area (Å²) in [4.78, 5) is 25.1. The van der Waals surface area contributed by atoms with Crippen LogP contribution in [0.5, 0.6) is 11.5 Å². The van der Waals surface area contributed by atoms with Gasteiger partial charge in [0, 0.05) is 0 Å². The molecule has 0 bridgehead atoms. The number of methoxy groups -OCH3 is 1. The van der Waals surface area contributed by atoms with E-state index in [4.69, 9.17) is 13.9 Å². The summed E-state index contributed by atoms with van der Waals surface area (Å²) in [5.41, 5.74) is 0.738. The predicted molar refractivity (Wildman–Crippen MR) is 108 cm³/mol. The van der Waals surface area contributed by atoms with Gasteiger partial charge in [0.05, 0.1) is 31.2 Å². The van der Waals surface area contributed by atoms with Crippen LogP contribution in [0, 0.1) is 0 Å². The van der Waals surface area contributed by atoms with Crippen molar-refractivity contribution >= 4 is 17.5 Å². The van der Waals surface area contributed by atoms with Gasteiger partial charge in [0.1, 0.15) is 5.76 Å². The summed E-state index contributed by atoms with van der Waals surface area (Å²) >= 11 is 0. The fraction of sp³-hybridized carbons (Fsp3) is 0.182. The number of furan rings is 1. The maximum absolute atomic E-state index is 12.6. The molecule has 0 aliphatic heterocycles. The van der Waals surface area contributed by atoms with Crippen molar-refractivity contribution in [3.05, 3.63) is 78.3 Å². The lowest BCUT2D eigenvalue weighted by Gasteiger charge is -2.17. The average Bonchev–Trinajstić information content (AvgIpc) is 3.26. The molecule has 0 aliphatic carbocycles. The van der Waals surface area contributed by atoms with Gasteiger partial charge < -0.3 is 24.5 Å². The molecular formula is C22H22N2O5. The lowest BCUT2D eigenvalue weighted by atomic mass is 10.1. The van der Waals surface area contributed by atoms with Gasteiger partial charge in [-0.25, -0.2) is 0 Å². The van der Waals surface area contributed by atoms with Crippen molar-refractivity contribution < 1.29 is 23.5 Å². The van der Waals surface area contributed by atoms with E-state index in [1.807, 2.05) is 6.07 Å². The van der Waals surface area contributed by atoms with Crippen molar-refractivity contribution in [1.29, 1.82) is 0 Å². The number of benzene rings is 2. The molecule has 2 N–H and O–H groups in total. The lowest BCUT2D eigenvalue weighted by molar-refractivity contribution is -0.122. The van der Waals surface area contributed by atoms with Crippen LogP contribution in [-0.4, -0.2) is 25.0 Å². The molecule has 1 aromatic heterocycles.